The first kappa shape index (κ1) is 13.8. The van der Waals surface area contributed by atoms with Gasteiger partial charge in [-0.15, -0.1) is 0 Å². The van der Waals surface area contributed by atoms with Crippen molar-refractivity contribution >= 4 is 38.9 Å². The first-order valence-electron chi connectivity index (χ1n) is 5.48. The van der Waals surface area contributed by atoms with Crippen LogP contribution in [0.4, 0.5) is 11.4 Å². The molecule has 0 bridgehead atoms. The van der Waals surface area contributed by atoms with Crippen LogP contribution in [0, 0.1) is 10.1 Å². The second-order valence-electron chi connectivity index (χ2n) is 3.90. The quantitative estimate of drug-likeness (QED) is 0.652. The van der Waals surface area contributed by atoms with Crippen LogP contribution in [0.5, 0.6) is 0 Å². The number of hydrogen-bond acceptors (Lipinski definition) is 3. The van der Waals surface area contributed by atoms with E-state index >= 15 is 0 Å². The number of anilines is 1. The minimum Gasteiger partial charge on any atom is -0.380 e. The summed E-state index contributed by atoms with van der Waals surface area (Å²) in [6, 6.07) is 12.0. The molecule has 4 nitrogen and oxygen atoms in total. The summed E-state index contributed by atoms with van der Waals surface area (Å²) in [5.74, 6) is 0. The van der Waals surface area contributed by atoms with E-state index in [1.807, 2.05) is 18.2 Å². The molecular formula is C13H10BrClN2O2. The van der Waals surface area contributed by atoms with E-state index in [-0.39, 0.29) is 5.69 Å². The molecule has 0 saturated heterocycles. The third-order valence-electron chi connectivity index (χ3n) is 2.53. The van der Waals surface area contributed by atoms with Gasteiger partial charge in [-0.25, -0.2) is 0 Å². The third-order valence-corrected chi connectivity index (χ3v) is 3.46. The molecule has 2 aromatic carbocycles. The summed E-state index contributed by atoms with van der Waals surface area (Å²) in [6.45, 7) is 0.542. The average Bonchev–Trinajstić information content (AvgIpc) is 2.37. The van der Waals surface area contributed by atoms with Crippen LogP contribution in [-0.2, 0) is 6.54 Å². The zero-order valence-corrected chi connectivity index (χ0v) is 12.1. The normalized spacial score (nSPS) is 10.2. The highest BCUT2D eigenvalue weighted by atomic mass is 79.9. The van der Waals surface area contributed by atoms with Crippen LogP contribution in [0.3, 0.4) is 0 Å². The van der Waals surface area contributed by atoms with Gasteiger partial charge in [0.2, 0.25) is 0 Å². The molecule has 0 fully saturated rings. The summed E-state index contributed by atoms with van der Waals surface area (Å²) in [4.78, 5) is 10.3. The predicted molar refractivity (Wildman–Crippen MR) is 79.6 cm³/mol. The maximum Gasteiger partial charge on any atom is 0.271 e. The number of nitrogens with one attached hydrogen (secondary N) is 1. The Morgan fingerprint density at radius 2 is 2.05 bits per heavy atom. The van der Waals surface area contributed by atoms with Crippen molar-refractivity contribution < 1.29 is 4.92 Å². The molecule has 0 atom stereocenters. The van der Waals surface area contributed by atoms with Crippen molar-refractivity contribution in [2.45, 2.75) is 6.54 Å². The van der Waals surface area contributed by atoms with Crippen LogP contribution in [0.2, 0.25) is 5.02 Å². The van der Waals surface area contributed by atoms with Gasteiger partial charge in [0.15, 0.2) is 0 Å². The van der Waals surface area contributed by atoms with Gasteiger partial charge in [0, 0.05) is 28.2 Å². The molecular weight excluding hydrogens is 332 g/mol. The van der Waals surface area contributed by atoms with Gasteiger partial charge < -0.3 is 5.32 Å². The molecule has 0 aliphatic heterocycles. The Balaban J connectivity index is 2.15. The first-order valence-corrected chi connectivity index (χ1v) is 6.65. The van der Waals surface area contributed by atoms with Crippen molar-refractivity contribution in [3.63, 3.8) is 0 Å². The van der Waals surface area contributed by atoms with Gasteiger partial charge >= 0.3 is 0 Å². The lowest BCUT2D eigenvalue weighted by atomic mass is 10.2. The SMILES string of the molecule is O=[N+]([O-])c1ccc(Br)c(NCc2cccc(Cl)c2)c1. The monoisotopic (exact) mass is 340 g/mol. The van der Waals surface area contributed by atoms with Crippen LogP contribution >= 0.6 is 27.5 Å². The average molecular weight is 342 g/mol. The lowest BCUT2D eigenvalue weighted by molar-refractivity contribution is -0.384. The van der Waals surface area contributed by atoms with Gasteiger partial charge in [-0.2, -0.15) is 0 Å². The van der Waals surface area contributed by atoms with Crippen molar-refractivity contribution in [2.75, 3.05) is 5.32 Å². The molecule has 0 aliphatic carbocycles. The Kier molecular flexibility index (Phi) is 4.39. The van der Waals surface area contributed by atoms with E-state index in [0.29, 0.717) is 17.3 Å². The highest BCUT2D eigenvalue weighted by Crippen LogP contribution is 2.27. The molecule has 2 rings (SSSR count). The van der Waals surface area contributed by atoms with E-state index in [2.05, 4.69) is 21.2 Å². The number of hydrogen-bond donors (Lipinski definition) is 1. The summed E-state index contributed by atoms with van der Waals surface area (Å²) < 4.78 is 0.778. The topological polar surface area (TPSA) is 55.2 Å². The maximum absolute atomic E-state index is 10.7. The minimum atomic E-state index is -0.420. The van der Waals surface area contributed by atoms with Gasteiger partial charge in [0.25, 0.3) is 5.69 Å². The number of nitro groups is 1. The minimum absolute atomic E-state index is 0.0526. The number of rotatable bonds is 4. The predicted octanol–water partition coefficient (Wildman–Crippen LogP) is 4.62. The van der Waals surface area contributed by atoms with Gasteiger partial charge in [0.05, 0.1) is 10.6 Å². The first-order chi connectivity index (χ1) is 9.06. The zero-order valence-electron chi connectivity index (χ0n) is 9.77. The fourth-order valence-corrected chi connectivity index (χ4v) is 2.21. The lowest BCUT2D eigenvalue weighted by Gasteiger charge is -2.08. The summed E-state index contributed by atoms with van der Waals surface area (Å²) in [5.41, 5.74) is 1.73. The maximum atomic E-state index is 10.7. The van der Waals surface area contributed by atoms with Crippen LogP contribution in [0.1, 0.15) is 5.56 Å². The third kappa shape index (κ3) is 3.68. The molecule has 0 aromatic heterocycles. The van der Waals surface area contributed by atoms with E-state index in [9.17, 15) is 10.1 Å². The van der Waals surface area contributed by atoms with Gasteiger partial charge in [-0.05, 0) is 39.7 Å². The van der Waals surface area contributed by atoms with E-state index in [0.717, 1.165) is 10.0 Å². The fourth-order valence-electron chi connectivity index (χ4n) is 1.61. The summed E-state index contributed by atoms with van der Waals surface area (Å²) in [7, 11) is 0. The van der Waals surface area contributed by atoms with E-state index in [4.69, 9.17) is 11.6 Å². The Hall–Kier alpha value is -1.59. The summed E-state index contributed by atoms with van der Waals surface area (Å²) >= 11 is 9.25. The fraction of sp³-hybridized carbons (Fsp3) is 0.0769. The van der Waals surface area contributed by atoms with Crippen LogP contribution in [0.15, 0.2) is 46.9 Å². The van der Waals surface area contributed by atoms with Gasteiger partial charge in [-0.3, -0.25) is 10.1 Å². The lowest BCUT2D eigenvalue weighted by Crippen LogP contribution is -2.00. The molecule has 0 saturated carbocycles. The van der Waals surface area contributed by atoms with Gasteiger partial charge in [0.1, 0.15) is 0 Å². The number of benzene rings is 2. The van der Waals surface area contributed by atoms with Gasteiger partial charge in [-0.1, -0.05) is 23.7 Å². The standard InChI is InChI=1S/C13H10BrClN2O2/c14-12-5-4-11(17(18)19)7-13(12)16-8-9-2-1-3-10(15)6-9/h1-7,16H,8H2. The van der Waals surface area contributed by atoms with Crippen molar-refractivity contribution in [3.05, 3.63) is 67.6 Å². The second kappa shape index (κ2) is 6.04. The Bertz CT molecular complexity index is 619. The summed E-state index contributed by atoms with van der Waals surface area (Å²) in [6.07, 6.45) is 0. The molecule has 0 amide bonds. The van der Waals surface area contributed by atoms with Crippen molar-refractivity contribution in [2.24, 2.45) is 0 Å². The van der Waals surface area contributed by atoms with Crippen LogP contribution < -0.4 is 5.32 Å². The number of halogens is 2. The molecule has 0 heterocycles. The van der Waals surface area contributed by atoms with E-state index in [1.165, 1.54) is 12.1 Å². The van der Waals surface area contributed by atoms with Crippen LogP contribution in [0.25, 0.3) is 0 Å². The Morgan fingerprint density at radius 1 is 1.26 bits per heavy atom. The smallest absolute Gasteiger partial charge is 0.271 e. The molecule has 6 heteroatoms. The molecule has 2 aromatic rings. The summed E-state index contributed by atoms with van der Waals surface area (Å²) in [5, 5.41) is 14.5. The molecule has 19 heavy (non-hydrogen) atoms. The Morgan fingerprint density at radius 3 is 2.74 bits per heavy atom. The van der Waals surface area contributed by atoms with E-state index in [1.54, 1.807) is 12.1 Å². The molecule has 1 N–H and O–H groups in total. The van der Waals surface area contributed by atoms with Crippen molar-refractivity contribution in [3.8, 4) is 0 Å². The van der Waals surface area contributed by atoms with Crippen molar-refractivity contribution in [1.29, 1.82) is 0 Å². The molecule has 0 aliphatic rings. The highest BCUT2D eigenvalue weighted by molar-refractivity contribution is 9.10. The highest BCUT2D eigenvalue weighted by Gasteiger charge is 2.09. The van der Waals surface area contributed by atoms with E-state index < -0.39 is 4.92 Å². The number of non-ortho nitro benzene ring substituents is 1. The zero-order chi connectivity index (χ0) is 13.8. The second-order valence-corrected chi connectivity index (χ2v) is 5.20. The molecule has 0 radical (unpaired) electrons. The molecule has 98 valence electrons. The molecule has 0 unspecified atom stereocenters. The number of nitrogens with zero attached hydrogens (tertiary/aromatic N) is 1. The van der Waals surface area contributed by atoms with Crippen LogP contribution in [-0.4, -0.2) is 4.92 Å². The molecule has 0 spiro atoms. The Labute approximate surface area is 123 Å². The van der Waals surface area contributed by atoms with Crippen molar-refractivity contribution in [1.82, 2.24) is 0 Å². The number of nitro benzene ring substituents is 1. The largest absolute Gasteiger partial charge is 0.380 e.